The summed E-state index contributed by atoms with van der Waals surface area (Å²) in [6, 6.07) is 0. The number of hydrogen-bond donors (Lipinski definition) is 1. The lowest BCUT2D eigenvalue weighted by Crippen LogP contribution is -2.19. The molecule has 0 spiro atoms. The highest BCUT2D eigenvalue weighted by atomic mass is 16.4. The minimum atomic E-state index is -0.668. The maximum atomic E-state index is 11.8. The van der Waals surface area contributed by atoms with Crippen molar-refractivity contribution in [1.82, 2.24) is 0 Å². The van der Waals surface area contributed by atoms with Gasteiger partial charge in [-0.1, -0.05) is 105 Å². The predicted octanol–water partition coefficient (Wildman–Crippen LogP) is 7.56. The molecule has 1 N–H and O–H groups in total. The van der Waals surface area contributed by atoms with Crippen LogP contribution in [0.3, 0.4) is 0 Å². The number of carbonyl (C=O) groups excluding carboxylic acids is 1. The summed E-state index contributed by atoms with van der Waals surface area (Å²) in [6.45, 7) is 6.03. The van der Waals surface area contributed by atoms with Crippen molar-refractivity contribution < 1.29 is 14.7 Å². The molecule has 0 aliphatic carbocycles. The molecular formula is C23H46O3. The van der Waals surface area contributed by atoms with E-state index in [0.717, 1.165) is 25.7 Å². The Morgan fingerprint density at radius 3 is 1.12 bits per heavy atom. The van der Waals surface area contributed by atoms with Crippen LogP contribution in [0.1, 0.15) is 131 Å². The molecule has 0 atom stereocenters. The fourth-order valence-corrected chi connectivity index (χ4v) is 3.06. The van der Waals surface area contributed by atoms with Crippen LogP contribution < -0.4 is 0 Å². The van der Waals surface area contributed by atoms with Crippen molar-refractivity contribution in [3.63, 3.8) is 0 Å². The molecule has 26 heavy (non-hydrogen) atoms. The molecular weight excluding hydrogens is 324 g/mol. The van der Waals surface area contributed by atoms with Gasteiger partial charge < -0.3 is 5.11 Å². The van der Waals surface area contributed by atoms with Crippen LogP contribution >= 0.6 is 0 Å². The van der Waals surface area contributed by atoms with Gasteiger partial charge in [-0.15, -0.1) is 0 Å². The van der Waals surface area contributed by atoms with E-state index in [1.54, 1.807) is 0 Å². The maximum absolute atomic E-state index is 11.8. The standard InChI is InChI=1S/C22H42O3.CH4/c1-22(2,3)20(23)18-16-14-12-10-8-6-4-5-7-9-11-13-15-17-19-21(24)25;/h4-19H2,1-3H3,(H,24,25);1H4. The Balaban J connectivity index is 0. The zero-order chi connectivity index (χ0) is 19.0. The van der Waals surface area contributed by atoms with Crippen LogP contribution in [0.4, 0.5) is 0 Å². The van der Waals surface area contributed by atoms with Gasteiger partial charge in [0.1, 0.15) is 5.78 Å². The first-order valence-electron chi connectivity index (χ1n) is 10.6. The molecule has 0 saturated carbocycles. The minimum Gasteiger partial charge on any atom is -0.481 e. The Bertz CT molecular complexity index is 342. The lowest BCUT2D eigenvalue weighted by molar-refractivity contribution is -0.137. The molecule has 0 aliphatic heterocycles. The first-order chi connectivity index (χ1) is 11.8. The van der Waals surface area contributed by atoms with Gasteiger partial charge in [0.15, 0.2) is 0 Å². The Hall–Kier alpha value is -0.860. The fourth-order valence-electron chi connectivity index (χ4n) is 3.06. The first-order valence-corrected chi connectivity index (χ1v) is 10.6. The van der Waals surface area contributed by atoms with Crippen molar-refractivity contribution in [2.24, 2.45) is 5.41 Å². The zero-order valence-corrected chi connectivity index (χ0v) is 17.1. The molecule has 0 aromatic carbocycles. The summed E-state index contributed by atoms with van der Waals surface area (Å²) >= 11 is 0. The van der Waals surface area contributed by atoms with Crippen LogP contribution in [0.2, 0.25) is 0 Å². The zero-order valence-electron chi connectivity index (χ0n) is 17.1. The monoisotopic (exact) mass is 370 g/mol. The predicted molar refractivity (Wildman–Crippen MR) is 113 cm³/mol. The molecule has 3 nitrogen and oxygen atoms in total. The first kappa shape index (κ1) is 27.4. The second-order valence-corrected chi connectivity index (χ2v) is 8.52. The molecule has 3 heteroatoms. The number of unbranched alkanes of at least 4 members (excludes halogenated alkanes) is 13. The summed E-state index contributed by atoms with van der Waals surface area (Å²) in [7, 11) is 0. The molecule has 0 aromatic heterocycles. The number of ketones is 1. The van der Waals surface area contributed by atoms with Crippen molar-refractivity contribution in [3.05, 3.63) is 0 Å². The Labute approximate surface area is 163 Å². The highest BCUT2D eigenvalue weighted by molar-refractivity contribution is 5.83. The topological polar surface area (TPSA) is 54.4 Å². The molecule has 0 bridgehead atoms. The van der Waals surface area contributed by atoms with Crippen LogP contribution in [0.25, 0.3) is 0 Å². The van der Waals surface area contributed by atoms with Gasteiger partial charge in [-0.3, -0.25) is 9.59 Å². The normalized spacial score (nSPS) is 11.2. The smallest absolute Gasteiger partial charge is 0.303 e. The van der Waals surface area contributed by atoms with Gasteiger partial charge in [0.05, 0.1) is 0 Å². The van der Waals surface area contributed by atoms with Crippen LogP contribution in [-0.4, -0.2) is 16.9 Å². The number of rotatable bonds is 17. The van der Waals surface area contributed by atoms with Crippen LogP contribution in [0.5, 0.6) is 0 Å². The molecule has 0 fully saturated rings. The molecule has 0 aliphatic rings. The highest BCUT2D eigenvalue weighted by Crippen LogP contribution is 2.19. The molecule has 0 rings (SSSR count). The average Bonchev–Trinajstić information content (AvgIpc) is 2.53. The molecule has 0 heterocycles. The molecule has 0 aromatic rings. The van der Waals surface area contributed by atoms with Crippen molar-refractivity contribution in [2.75, 3.05) is 0 Å². The van der Waals surface area contributed by atoms with E-state index in [1.807, 2.05) is 20.8 Å². The summed E-state index contributed by atoms with van der Waals surface area (Å²) in [5.41, 5.74) is -0.168. The van der Waals surface area contributed by atoms with E-state index in [1.165, 1.54) is 70.6 Å². The SMILES string of the molecule is C.CC(C)(C)C(=O)CCCCCCCCCCCCCCCCC(=O)O. The fraction of sp³-hybridized carbons (Fsp3) is 0.913. The van der Waals surface area contributed by atoms with E-state index in [0.29, 0.717) is 12.2 Å². The van der Waals surface area contributed by atoms with Gasteiger partial charge in [-0.05, 0) is 12.8 Å². The van der Waals surface area contributed by atoms with Gasteiger partial charge in [0.25, 0.3) is 0 Å². The number of carboxylic acids is 1. The van der Waals surface area contributed by atoms with Crippen molar-refractivity contribution >= 4 is 11.8 Å². The van der Waals surface area contributed by atoms with Crippen molar-refractivity contribution in [3.8, 4) is 0 Å². The number of Topliss-reactive ketones (excluding diaryl/α,β-unsaturated/α-hetero) is 1. The van der Waals surface area contributed by atoms with E-state index in [2.05, 4.69) is 0 Å². The lowest BCUT2D eigenvalue weighted by atomic mass is 9.88. The van der Waals surface area contributed by atoms with E-state index >= 15 is 0 Å². The van der Waals surface area contributed by atoms with E-state index in [4.69, 9.17) is 5.11 Å². The van der Waals surface area contributed by atoms with E-state index < -0.39 is 5.97 Å². The van der Waals surface area contributed by atoms with Crippen molar-refractivity contribution in [2.45, 2.75) is 131 Å². The third kappa shape index (κ3) is 19.5. The maximum Gasteiger partial charge on any atom is 0.303 e. The molecule has 0 radical (unpaired) electrons. The summed E-state index contributed by atoms with van der Waals surface area (Å²) in [5.74, 6) is -0.271. The second-order valence-electron chi connectivity index (χ2n) is 8.52. The van der Waals surface area contributed by atoms with Gasteiger partial charge in [-0.25, -0.2) is 0 Å². The third-order valence-electron chi connectivity index (χ3n) is 4.88. The summed E-state index contributed by atoms with van der Waals surface area (Å²) in [5, 5.41) is 8.55. The van der Waals surface area contributed by atoms with Crippen molar-refractivity contribution in [1.29, 1.82) is 0 Å². The van der Waals surface area contributed by atoms with Crippen LogP contribution in [0.15, 0.2) is 0 Å². The number of carboxylic acid groups (broad SMARTS) is 1. The molecule has 156 valence electrons. The number of aliphatic carboxylic acids is 1. The molecule has 0 saturated heterocycles. The minimum absolute atomic E-state index is 0. The Morgan fingerprint density at radius 1 is 0.577 bits per heavy atom. The van der Waals surface area contributed by atoms with E-state index in [9.17, 15) is 9.59 Å². The Kier molecular flexibility index (Phi) is 18.5. The second kappa shape index (κ2) is 17.5. The molecule has 0 amide bonds. The third-order valence-corrected chi connectivity index (χ3v) is 4.88. The summed E-state index contributed by atoms with van der Waals surface area (Å²) in [6.07, 6.45) is 18.3. The summed E-state index contributed by atoms with van der Waals surface area (Å²) < 4.78 is 0. The number of carbonyl (C=O) groups is 2. The quantitative estimate of drug-likeness (QED) is 0.269. The van der Waals surface area contributed by atoms with E-state index in [-0.39, 0.29) is 12.8 Å². The van der Waals surface area contributed by atoms with Gasteiger partial charge in [0, 0.05) is 18.3 Å². The average molecular weight is 371 g/mol. The number of hydrogen-bond acceptors (Lipinski definition) is 2. The van der Waals surface area contributed by atoms with Gasteiger partial charge >= 0.3 is 5.97 Å². The van der Waals surface area contributed by atoms with Crippen LogP contribution in [-0.2, 0) is 9.59 Å². The summed E-state index contributed by atoms with van der Waals surface area (Å²) in [4.78, 5) is 22.2. The van der Waals surface area contributed by atoms with Crippen LogP contribution in [0, 0.1) is 5.41 Å². The van der Waals surface area contributed by atoms with Gasteiger partial charge in [-0.2, -0.15) is 0 Å². The van der Waals surface area contributed by atoms with Gasteiger partial charge in [0.2, 0.25) is 0 Å². The largest absolute Gasteiger partial charge is 0.481 e. The highest BCUT2D eigenvalue weighted by Gasteiger charge is 2.19. The lowest BCUT2D eigenvalue weighted by Gasteiger charge is -2.16. The molecule has 0 unspecified atom stereocenters. The Morgan fingerprint density at radius 2 is 0.846 bits per heavy atom.